The fraction of sp³-hybridized carbons (Fsp3) is 0.571. The van der Waals surface area contributed by atoms with E-state index in [4.69, 9.17) is 5.11 Å². The van der Waals surface area contributed by atoms with Gasteiger partial charge in [0.15, 0.2) is 0 Å². The van der Waals surface area contributed by atoms with Crippen LogP contribution in [-0.2, 0) is 16.4 Å². The summed E-state index contributed by atoms with van der Waals surface area (Å²) < 4.78 is 27.4. The van der Waals surface area contributed by atoms with Gasteiger partial charge in [0.2, 0.25) is 10.0 Å². The van der Waals surface area contributed by atoms with Gasteiger partial charge in [-0.15, -0.1) is 0 Å². The van der Waals surface area contributed by atoms with Crippen molar-refractivity contribution in [2.75, 3.05) is 12.9 Å². The normalized spacial score (nSPS) is 23.1. The van der Waals surface area contributed by atoms with Gasteiger partial charge in [-0.2, -0.15) is 11.8 Å². The Balaban J connectivity index is 2.03. The smallest absolute Gasteiger partial charge is 0.240 e. The maximum absolute atomic E-state index is 12.3. The van der Waals surface area contributed by atoms with Crippen LogP contribution in [0.4, 0.5) is 0 Å². The quantitative estimate of drug-likeness (QED) is 0.840. The second-order valence-electron chi connectivity index (χ2n) is 5.11. The molecular weight excluding hydrogens is 294 g/mol. The van der Waals surface area contributed by atoms with Gasteiger partial charge in [0, 0.05) is 17.9 Å². The summed E-state index contributed by atoms with van der Waals surface area (Å²) in [5.41, 5.74) is 0.940. The minimum Gasteiger partial charge on any atom is -0.396 e. The summed E-state index contributed by atoms with van der Waals surface area (Å²) >= 11 is 1.81. The Hall–Kier alpha value is -0.560. The summed E-state index contributed by atoms with van der Waals surface area (Å²) in [7, 11) is -3.43. The van der Waals surface area contributed by atoms with E-state index in [1.807, 2.05) is 0 Å². The lowest BCUT2D eigenvalue weighted by atomic mass is 10.2. The number of aliphatic hydroxyl groups is 1. The van der Waals surface area contributed by atoms with Gasteiger partial charge >= 0.3 is 0 Å². The molecule has 0 radical (unpaired) electrons. The second-order valence-corrected chi connectivity index (χ2v) is 7.96. The van der Waals surface area contributed by atoms with E-state index in [9.17, 15) is 8.42 Å². The number of hydrogen-bond acceptors (Lipinski definition) is 4. The Labute approximate surface area is 125 Å². The third kappa shape index (κ3) is 3.97. The van der Waals surface area contributed by atoms with Crippen molar-refractivity contribution in [2.24, 2.45) is 0 Å². The van der Waals surface area contributed by atoms with E-state index in [1.165, 1.54) is 0 Å². The van der Waals surface area contributed by atoms with E-state index in [0.717, 1.165) is 24.8 Å². The number of aliphatic hydroxyl groups excluding tert-OH is 1. The van der Waals surface area contributed by atoms with Crippen molar-refractivity contribution in [3.8, 4) is 0 Å². The van der Waals surface area contributed by atoms with Gasteiger partial charge < -0.3 is 5.11 Å². The van der Waals surface area contributed by atoms with Gasteiger partial charge in [0.05, 0.1) is 4.90 Å². The van der Waals surface area contributed by atoms with E-state index in [0.29, 0.717) is 16.6 Å². The molecule has 1 aromatic carbocycles. The van der Waals surface area contributed by atoms with E-state index >= 15 is 0 Å². The van der Waals surface area contributed by atoms with Crippen molar-refractivity contribution < 1.29 is 13.5 Å². The Kier molecular flexibility index (Phi) is 5.49. The summed E-state index contributed by atoms with van der Waals surface area (Å²) in [6.45, 7) is 0.0719. The first-order valence-electron chi connectivity index (χ1n) is 6.80. The zero-order chi connectivity index (χ0) is 14.6. The van der Waals surface area contributed by atoms with Crippen LogP contribution in [0, 0.1) is 0 Å². The van der Waals surface area contributed by atoms with Gasteiger partial charge in [-0.25, -0.2) is 13.1 Å². The Morgan fingerprint density at radius 3 is 2.55 bits per heavy atom. The number of sulfonamides is 1. The molecule has 1 aliphatic rings. The molecule has 4 nitrogen and oxygen atoms in total. The molecule has 2 atom stereocenters. The average molecular weight is 315 g/mol. The van der Waals surface area contributed by atoms with Crippen molar-refractivity contribution in [1.29, 1.82) is 0 Å². The SMILES string of the molecule is CSC1CCC(NS(=O)(=O)c2ccc(CCO)cc2)C1. The summed E-state index contributed by atoms with van der Waals surface area (Å²) in [4.78, 5) is 0.298. The van der Waals surface area contributed by atoms with Crippen molar-refractivity contribution in [2.45, 2.75) is 41.9 Å². The number of nitrogens with one attached hydrogen (secondary N) is 1. The Bertz CT molecular complexity index is 528. The molecule has 112 valence electrons. The zero-order valence-corrected chi connectivity index (χ0v) is 13.2. The first-order valence-corrected chi connectivity index (χ1v) is 9.57. The third-order valence-electron chi connectivity index (χ3n) is 3.67. The molecule has 0 bridgehead atoms. The lowest BCUT2D eigenvalue weighted by Gasteiger charge is -2.13. The van der Waals surface area contributed by atoms with Crippen molar-refractivity contribution in [3.05, 3.63) is 29.8 Å². The van der Waals surface area contributed by atoms with Crippen molar-refractivity contribution >= 4 is 21.8 Å². The molecule has 6 heteroatoms. The number of rotatable bonds is 6. The minimum absolute atomic E-state index is 0.0505. The number of hydrogen-bond donors (Lipinski definition) is 2. The molecule has 20 heavy (non-hydrogen) atoms. The van der Waals surface area contributed by atoms with Crippen LogP contribution >= 0.6 is 11.8 Å². The maximum Gasteiger partial charge on any atom is 0.240 e. The highest BCUT2D eigenvalue weighted by molar-refractivity contribution is 7.99. The van der Waals surface area contributed by atoms with Crippen molar-refractivity contribution in [3.63, 3.8) is 0 Å². The summed E-state index contributed by atoms with van der Waals surface area (Å²) in [5.74, 6) is 0. The highest BCUT2D eigenvalue weighted by Crippen LogP contribution is 2.29. The third-order valence-corrected chi connectivity index (χ3v) is 6.31. The number of benzene rings is 1. The molecule has 0 aromatic heterocycles. The largest absolute Gasteiger partial charge is 0.396 e. The predicted molar refractivity (Wildman–Crippen MR) is 82.5 cm³/mol. The molecule has 0 heterocycles. The van der Waals surface area contributed by atoms with E-state index in [-0.39, 0.29) is 12.6 Å². The molecule has 0 spiro atoms. The predicted octanol–water partition coefficient (Wildman–Crippen LogP) is 1.78. The minimum atomic E-state index is -3.43. The average Bonchev–Trinajstić information content (AvgIpc) is 2.87. The van der Waals surface area contributed by atoms with Gasteiger partial charge in [0.25, 0.3) is 0 Å². The first kappa shape index (κ1) is 15.8. The molecule has 2 N–H and O–H groups in total. The molecular formula is C14H21NO3S2. The van der Waals surface area contributed by atoms with Gasteiger partial charge in [-0.1, -0.05) is 12.1 Å². The molecule has 2 unspecified atom stereocenters. The zero-order valence-electron chi connectivity index (χ0n) is 11.6. The lowest BCUT2D eigenvalue weighted by Crippen LogP contribution is -2.33. The monoisotopic (exact) mass is 315 g/mol. The van der Waals surface area contributed by atoms with Crippen LogP contribution in [0.3, 0.4) is 0 Å². The highest BCUT2D eigenvalue weighted by atomic mass is 32.2. The molecule has 0 amide bonds. The number of thioether (sulfide) groups is 1. The summed E-state index contributed by atoms with van der Waals surface area (Å²) in [5, 5.41) is 9.42. The highest BCUT2D eigenvalue weighted by Gasteiger charge is 2.28. The molecule has 2 rings (SSSR count). The van der Waals surface area contributed by atoms with Crippen LogP contribution in [0.2, 0.25) is 0 Å². The second kappa shape index (κ2) is 6.93. The molecule has 1 fully saturated rings. The van der Waals surface area contributed by atoms with Crippen LogP contribution in [0.25, 0.3) is 0 Å². The van der Waals surface area contributed by atoms with Gasteiger partial charge in [0.1, 0.15) is 0 Å². The molecule has 1 aromatic rings. The molecule has 1 aliphatic carbocycles. The Morgan fingerprint density at radius 1 is 1.30 bits per heavy atom. The first-order chi connectivity index (χ1) is 9.55. The molecule has 0 saturated heterocycles. The fourth-order valence-corrected chi connectivity index (χ4v) is 4.59. The standard InChI is InChI=1S/C14H21NO3S2/c1-19-13-5-4-12(10-13)15-20(17,18)14-6-2-11(3-7-14)8-9-16/h2-3,6-7,12-13,15-16H,4-5,8-10H2,1H3. The van der Waals surface area contributed by atoms with E-state index in [2.05, 4.69) is 11.0 Å². The van der Waals surface area contributed by atoms with Gasteiger partial charge in [-0.05, 0) is 49.6 Å². The van der Waals surface area contributed by atoms with Crippen LogP contribution in [0.5, 0.6) is 0 Å². The van der Waals surface area contributed by atoms with Gasteiger partial charge in [-0.3, -0.25) is 0 Å². The van der Waals surface area contributed by atoms with E-state index in [1.54, 1.807) is 36.0 Å². The van der Waals surface area contributed by atoms with Crippen molar-refractivity contribution in [1.82, 2.24) is 4.72 Å². The van der Waals surface area contributed by atoms with Crippen LogP contribution in [0.15, 0.2) is 29.2 Å². The molecule has 1 saturated carbocycles. The summed E-state index contributed by atoms with van der Waals surface area (Å²) in [6.07, 6.45) is 5.51. The lowest BCUT2D eigenvalue weighted by molar-refractivity contribution is 0.299. The van der Waals surface area contributed by atoms with E-state index < -0.39 is 10.0 Å². The maximum atomic E-state index is 12.3. The van der Waals surface area contributed by atoms with Crippen LogP contribution in [0.1, 0.15) is 24.8 Å². The summed E-state index contributed by atoms with van der Waals surface area (Å²) in [6, 6.07) is 6.77. The van der Waals surface area contributed by atoms with Crippen LogP contribution in [-0.4, -0.2) is 37.7 Å². The Morgan fingerprint density at radius 2 is 2.00 bits per heavy atom. The molecule has 0 aliphatic heterocycles. The fourth-order valence-electron chi connectivity index (χ4n) is 2.51. The van der Waals surface area contributed by atoms with Crippen LogP contribution < -0.4 is 4.72 Å². The topological polar surface area (TPSA) is 66.4 Å².